The summed E-state index contributed by atoms with van der Waals surface area (Å²) in [5.41, 5.74) is 4.91. The fourth-order valence-electron chi connectivity index (χ4n) is 4.52. The van der Waals surface area contributed by atoms with Crippen LogP contribution in [0, 0.1) is 0 Å². The van der Waals surface area contributed by atoms with Crippen LogP contribution in [0.15, 0.2) is 85.1 Å². The van der Waals surface area contributed by atoms with Crippen LogP contribution in [0.1, 0.15) is 18.4 Å². The first-order valence-electron chi connectivity index (χ1n) is 11.5. The van der Waals surface area contributed by atoms with Crippen LogP contribution in [0.5, 0.6) is 0 Å². The fraction of sp³-hybridized carbons (Fsp3) is 0.214. The molecule has 0 radical (unpaired) electrons. The monoisotopic (exact) mass is 453 g/mol. The molecular weight excluding hydrogens is 426 g/mol. The Kier molecular flexibility index (Phi) is 6.04. The molecule has 172 valence electrons. The normalized spacial score (nSPS) is 15.4. The molecule has 4 aromatic rings. The average Bonchev–Trinajstić information content (AvgIpc) is 3.50. The van der Waals surface area contributed by atoms with Crippen molar-refractivity contribution in [3.05, 3.63) is 90.6 Å². The number of nitrogens with zero attached hydrogens (tertiary/aromatic N) is 2. The highest BCUT2D eigenvalue weighted by molar-refractivity contribution is 5.97. The molecule has 2 amide bonds. The minimum absolute atomic E-state index is 0.190. The lowest BCUT2D eigenvalue weighted by atomic mass is 10.0. The predicted molar refractivity (Wildman–Crippen MR) is 133 cm³/mol. The summed E-state index contributed by atoms with van der Waals surface area (Å²) in [7, 11) is 2.03. The van der Waals surface area contributed by atoms with Crippen molar-refractivity contribution in [3.8, 4) is 11.1 Å². The van der Waals surface area contributed by atoms with Gasteiger partial charge in [0.05, 0.1) is 0 Å². The van der Waals surface area contributed by atoms with Crippen molar-refractivity contribution in [2.45, 2.75) is 25.5 Å². The summed E-state index contributed by atoms with van der Waals surface area (Å²) in [6.07, 6.45) is 2.99. The number of ether oxygens (including phenoxy) is 1. The Morgan fingerprint density at radius 1 is 0.971 bits per heavy atom. The van der Waals surface area contributed by atoms with Crippen LogP contribution in [-0.2, 0) is 23.2 Å². The minimum Gasteiger partial charge on any atom is -0.445 e. The highest BCUT2D eigenvalue weighted by Gasteiger charge is 2.35. The molecule has 1 atom stereocenters. The second kappa shape index (κ2) is 9.43. The number of hydrogen-bond acceptors (Lipinski definition) is 3. The molecule has 0 saturated carbocycles. The van der Waals surface area contributed by atoms with Gasteiger partial charge in [-0.05, 0) is 59.9 Å². The SMILES string of the molecule is Cn1ccc2cc(-c3cccc(NC(=O)[C@@H]4CCCN4C(=O)OCc4ccccc4)c3)ccc21. The van der Waals surface area contributed by atoms with E-state index < -0.39 is 12.1 Å². The van der Waals surface area contributed by atoms with E-state index in [0.29, 0.717) is 18.7 Å². The van der Waals surface area contributed by atoms with Crippen molar-refractivity contribution in [3.63, 3.8) is 0 Å². The van der Waals surface area contributed by atoms with Crippen LogP contribution in [0.3, 0.4) is 0 Å². The average molecular weight is 454 g/mol. The second-order valence-corrected chi connectivity index (χ2v) is 8.66. The predicted octanol–water partition coefficient (Wildman–Crippen LogP) is 5.59. The quantitative estimate of drug-likeness (QED) is 0.429. The molecule has 1 aliphatic heterocycles. The third-order valence-electron chi connectivity index (χ3n) is 6.34. The van der Waals surface area contributed by atoms with Crippen LogP contribution >= 0.6 is 0 Å². The molecule has 1 fully saturated rings. The van der Waals surface area contributed by atoms with Crippen LogP contribution in [0.25, 0.3) is 22.0 Å². The molecule has 1 N–H and O–H groups in total. The van der Waals surface area contributed by atoms with Gasteiger partial charge in [-0.2, -0.15) is 0 Å². The van der Waals surface area contributed by atoms with E-state index in [0.717, 1.165) is 23.1 Å². The number of carbonyl (C=O) groups is 2. The Bertz CT molecular complexity index is 1330. The molecule has 1 aromatic heterocycles. The third kappa shape index (κ3) is 4.53. The van der Waals surface area contributed by atoms with E-state index in [-0.39, 0.29) is 12.5 Å². The Morgan fingerprint density at radius 2 is 1.79 bits per heavy atom. The van der Waals surface area contributed by atoms with Crippen molar-refractivity contribution >= 4 is 28.6 Å². The number of aryl methyl sites for hydroxylation is 1. The number of fused-ring (bicyclic) bond motifs is 1. The highest BCUT2D eigenvalue weighted by Crippen LogP contribution is 2.27. The maximum atomic E-state index is 13.1. The zero-order valence-corrected chi connectivity index (χ0v) is 19.1. The van der Waals surface area contributed by atoms with Crippen LogP contribution in [0.2, 0.25) is 0 Å². The van der Waals surface area contributed by atoms with E-state index in [9.17, 15) is 9.59 Å². The summed E-state index contributed by atoms with van der Waals surface area (Å²) < 4.78 is 7.55. The first-order valence-corrected chi connectivity index (χ1v) is 11.5. The van der Waals surface area contributed by atoms with Crippen LogP contribution in [-0.4, -0.2) is 34.1 Å². The fourth-order valence-corrected chi connectivity index (χ4v) is 4.52. The standard InChI is InChI=1S/C28H27N3O3/c1-30-16-14-23-17-22(12-13-25(23)30)21-9-5-10-24(18-21)29-27(32)26-11-6-15-31(26)28(33)34-19-20-7-3-2-4-8-20/h2-5,7-10,12-14,16-18,26H,6,11,15,19H2,1H3,(H,29,32)/t26-/m0/s1. The molecule has 0 unspecified atom stereocenters. The smallest absolute Gasteiger partial charge is 0.410 e. The molecule has 6 heteroatoms. The summed E-state index contributed by atoms with van der Waals surface area (Å²) in [5.74, 6) is -0.190. The summed E-state index contributed by atoms with van der Waals surface area (Å²) in [4.78, 5) is 27.3. The third-order valence-corrected chi connectivity index (χ3v) is 6.34. The number of hydrogen-bond donors (Lipinski definition) is 1. The van der Waals surface area contributed by atoms with E-state index in [1.807, 2.05) is 67.8 Å². The number of aromatic nitrogens is 1. The first kappa shape index (κ1) is 21.8. The molecule has 0 aliphatic carbocycles. The van der Waals surface area contributed by atoms with Crippen molar-refractivity contribution in [2.75, 3.05) is 11.9 Å². The summed E-state index contributed by atoms with van der Waals surface area (Å²) in [5, 5.41) is 4.17. The lowest BCUT2D eigenvalue weighted by molar-refractivity contribution is -0.120. The van der Waals surface area contributed by atoms with Gasteiger partial charge < -0.3 is 14.6 Å². The zero-order valence-electron chi connectivity index (χ0n) is 19.1. The van der Waals surface area contributed by atoms with Crippen molar-refractivity contribution in [1.82, 2.24) is 9.47 Å². The van der Waals surface area contributed by atoms with E-state index in [1.54, 1.807) is 0 Å². The van der Waals surface area contributed by atoms with Gasteiger partial charge in [0.15, 0.2) is 0 Å². The van der Waals surface area contributed by atoms with Crippen molar-refractivity contribution < 1.29 is 14.3 Å². The van der Waals surface area contributed by atoms with E-state index in [2.05, 4.69) is 34.1 Å². The lowest BCUT2D eigenvalue weighted by Gasteiger charge is -2.23. The topological polar surface area (TPSA) is 63.6 Å². The number of benzene rings is 3. The van der Waals surface area contributed by atoms with E-state index in [4.69, 9.17) is 4.74 Å². The molecule has 5 rings (SSSR count). The highest BCUT2D eigenvalue weighted by atomic mass is 16.6. The molecular formula is C28H27N3O3. The number of carbonyl (C=O) groups excluding carboxylic acids is 2. The molecule has 2 heterocycles. The lowest BCUT2D eigenvalue weighted by Crippen LogP contribution is -2.43. The molecule has 3 aromatic carbocycles. The van der Waals surface area contributed by atoms with Gasteiger partial charge in [-0.3, -0.25) is 9.69 Å². The van der Waals surface area contributed by atoms with E-state index in [1.165, 1.54) is 15.8 Å². The van der Waals surface area contributed by atoms with Gasteiger partial charge in [0, 0.05) is 36.4 Å². The molecule has 0 spiro atoms. The maximum absolute atomic E-state index is 13.1. The van der Waals surface area contributed by atoms with Crippen LogP contribution < -0.4 is 5.32 Å². The number of rotatable bonds is 5. The summed E-state index contributed by atoms with van der Waals surface area (Å²) in [6, 6.07) is 25.2. The van der Waals surface area contributed by atoms with Gasteiger partial charge >= 0.3 is 6.09 Å². The Labute approximate surface area is 198 Å². The number of anilines is 1. The number of nitrogens with one attached hydrogen (secondary N) is 1. The molecule has 6 nitrogen and oxygen atoms in total. The Morgan fingerprint density at radius 3 is 2.65 bits per heavy atom. The number of amides is 2. The maximum Gasteiger partial charge on any atom is 0.410 e. The second-order valence-electron chi connectivity index (χ2n) is 8.66. The zero-order chi connectivity index (χ0) is 23.5. The van der Waals surface area contributed by atoms with Crippen molar-refractivity contribution in [1.29, 1.82) is 0 Å². The van der Waals surface area contributed by atoms with Gasteiger partial charge in [-0.25, -0.2) is 4.79 Å². The molecule has 1 aliphatic rings. The van der Waals surface area contributed by atoms with Gasteiger partial charge in [0.2, 0.25) is 5.91 Å². The molecule has 1 saturated heterocycles. The van der Waals surface area contributed by atoms with Gasteiger partial charge in [-0.15, -0.1) is 0 Å². The molecule has 0 bridgehead atoms. The largest absolute Gasteiger partial charge is 0.445 e. The van der Waals surface area contributed by atoms with Gasteiger partial charge in [0.25, 0.3) is 0 Å². The Hall–Kier alpha value is -4.06. The van der Waals surface area contributed by atoms with E-state index >= 15 is 0 Å². The minimum atomic E-state index is -0.535. The number of likely N-dealkylation sites (tertiary alicyclic amines) is 1. The summed E-state index contributed by atoms with van der Waals surface area (Å²) in [6.45, 7) is 0.709. The van der Waals surface area contributed by atoms with Gasteiger partial charge in [0.1, 0.15) is 12.6 Å². The molecule has 34 heavy (non-hydrogen) atoms. The van der Waals surface area contributed by atoms with Crippen molar-refractivity contribution in [2.24, 2.45) is 7.05 Å². The first-order chi connectivity index (χ1) is 16.6. The Balaban J connectivity index is 1.26. The summed E-state index contributed by atoms with van der Waals surface area (Å²) >= 11 is 0. The van der Waals surface area contributed by atoms with Gasteiger partial charge in [-0.1, -0.05) is 48.5 Å². The van der Waals surface area contributed by atoms with Crippen LogP contribution in [0.4, 0.5) is 10.5 Å².